The molecule has 0 unspecified atom stereocenters. The predicted molar refractivity (Wildman–Crippen MR) is 82.7 cm³/mol. The number of ether oxygens (including phenoxy) is 1. The predicted octanol–water partition coefficient (Wildman–Crippen LogP) is 1.96. The van der Waals surface area contributed by atoms with Gasteiger partial charge in [0.25, 0.3) is 5.91 Å². The zero-order valence-electron chi connectivity index (χ0n) is 12.5. The fourth-order valence-corrected chi connectivity index (χ4v) is 2.80. The van der Waals surface area contributed by atoms with Gasteiger partial charge in [0.15, 0.2) is 0 Å². The Balaban J connectivity index is 1.61. The number of aromatic nitrogens is 4. The Morgan fingerprint density at radius 1 is 1.13 bits per heavy atom. The van der Waals surface area contributed by atoms with Crippen LogP contribution < -0.4 is 4.74 Å². The van der Waals surface area contributed by atoms with Crippen LogP contribution in [0.2, 0.25) is 0 Å². The van der Waals surface area contributed by atoms with E-state index in [1.807, 2.05) is 24.3 Å². The first-order chi connectivity index (χ1) is 11.3. The van der Waals surface area contributed by atoms with Gasteiger partial charge in [0, 0.05) is 17.7 Å². The number of carbonyl (C=O) groups excluding carboxylic acids is 1. The quantitative estimate of drug-likeness (QED) is 0.774. The third kappa shape index (κ3) is 2.26. The number of H-pyrrole nitrogens is 2. The molecule has 0 saturated carbocycles. The molecule has 4 rings (SSSR count). The number of nitrogens with one attached hydrogen (secondary N) is 2. The molecule has 0 radical (unpaired) electrons. The topological polar surface area (TPSA) is 86.9 Å². The van der Waals surface area contributed by atoms with Crippen molar-refractivity contribution in [3.8, 4) is 17.0 Å². The minimum absolute atomic E-state index is 0.0471. The van der Waals surface area contributed by atoms with Crippen LogP contribution in [0.25, 0.3) is 11.3 Å². The van der Waals surface area contributed by atoms with Gasteiger partial charge in [0.2, 0.25) is 0 Å². The van der Waals surface area contributed by atoms with Crippen LogP contribution in [0.4, 0.5) is 0 Å². The lowest BCUT2D eigenvalue weighted by atomic mass is 10.1. The van der Waals surface area contributed by atoms with Crippen LogP contribution in [-0.4, -0.2) is 38.3 Å². The van der Waals surface area contributed by atoms with Crippen LogP contribution in [0.15, 0.2) is 36.7 Å². The number of hydrogen-bond acceptors (Lipinski definition) is 4. The number of nitrogens with zero attached hydrogens (tertiary/aromatic N) is 3. The lowest BCUT2D eigenvalue weighted by Gasteiger charge is -2.15. The fraction of sp³-hybridized carbons (Fsp3) is 0.188. The zero-order valence-corrected chi connectivity index (χ0v) is 12.5. The molecule has 7 heteroatoms. The third-order valence-corrected chi connectivity index (χ3v) is 4.05. The minimum atomic E-state index is -0.0471. The van der Waals surface area contributed by atoms with Gasteiger partial charge in [0.1, 0.15) is 5.75 Å². The van der Waals surface area contributed by atoms with Crippen molar-refractivity contribution < 1.29 is 9.53 Å². The smallest absolute Gasteiger partial charge is 0.258 e. The summed E-state index contributed by atoms with van der Waals surface area (Å²) in [5, 5.41) is 13.9. The molecular weight excluding hydrogens is 294 g/mol. The molecule has 0 spiro atoms. The molecule has 2 aromatic heterocycles. The largest absolute Gasteiger partial charge is 0.497 e. The van der Waals surface area contributed by atoms with Crippen LogP contribution >= 0.6 is 0 Å². The molecule has 2 N–H and O–H groups in total. The number of carbonyl (C=O) groups is 1. The maximum absolute atomic E-state index is 12.8. The highest BCUT2D eigenvalue weighted by atomic mass is 16.5. The van der Waals surface area contributed by atoms with Gasteiger partial charge in [-0.25, -0.2) is 0 Å². The first-order valence-electron chi connectivity index (χ1n) is 7.24. The lowest BCUT2D eigenvalue weighted by molar-refractivity contribution is 0.0750. The van der Waals surface area contributed by atoms with E-state index in [0.717, 1.165) is 22.6 Å². The van der Waals surface area contributed by atoms with Crippen molar-refractivity contribution in [1.82, 2.24) is 25.3 Å². The van der Waals surface area contributed by atoms with Crippen molar-refractivity contribution in [3.05, 3.63) is 53.5 Å². The van der Waals surface area contributed by atoms with Gasteiger partial charge in [-0.3, -0.25) is 15.0 Å². The van der Waals surface area contributed by atoms with Gasteiger partial charge in [-0.05, 0) is 24.3 Å². The van der Waals surface area contributed by atoms with Crippen molar-refractivity contribution in [2.24, 2.45) is 0 Å². The van der Waals surface area contributed by atoms with E-state index in [1.54, 1.807) is 24.4 Å². The molecular formula is C16H15N5O2. The van der Waals surface area contributed by atoms with Crippen LogP contribution in [0.3, 0.4) is 0 Å². The Kier molecular flexibility index (Phi) is 3.11. The van der Waals surface area contributed by atoms with Crippen molar-refractivity contribution >= 4 is 5.91 Å². The van der Waals surface area contributed by atoms with Crippen LogP contribution in [0.1, 0.15) is 21.6 Å². The normalized spacial score (nSPS) is 13.2. The summed E-state index contributed by atoms with van der Waals surface area (Å²) in [4.78, 5) is 14.6. The van der Waals surface area contributed by atoms with Gasteiger partial charge in [-0.1, -0.05) is 0 Å². The van der Waals surface area contributed by atoms with E-state index in [-0.39, 0.29) is 5.91 Å². The number of benzene rings is 1. The van der Waals surface area contributed by atoms with E-state index in [4.69, 9.17) is 4.74 Å². The SMILES string of the molecule is COc1ccc(-c2[nH]ncc2C(=O)N2Cc3cn[nH]c3C2)cc1. The second-order valence-electron chi connectivity index (χ2n) is 5.42. The average Bonchev–Trinajstić information content (AvgIpc) is 3.29. The van der Waals surface area contributed by atoms with Gasteiger partial charge >= 0.3 is 0 Å². The van der Waals surface area contributed by atoms with Crippen LogP contribution in [-0.2, 0) is 13.1 Å². The molecule has 1 aliphatic heterocycles. The highest BCUT2D eigenvalue weighted by molar-refractivity contribution is 6.00. The Morgan fingerprint density at radius 2 is 1.91 bits per heavy atom. The van der Waals surface area contributed by atoms with E-state index in [0.29, 0.717) is 24.3 Å². The van der Waals surface area contributed by atoms with Gasteiger partial charge < -0.3 is 9.64 Å². The Morgan fingerprint density at radius 3 is 2.65 bits per heavy atom. The summed E-state index contributed by atoms with van der Waals surface area (Å²) in [5.41, 5.74) is 4.23. The van der Waals surface area contributed by atoms with Gasteiger partial charge in [-0.2, -0.15) is 10.2 Å². The average molecular weight is 309 g/mol. The van der Waals surface area contributed by atoms with Crippen molar-refractivity contribution in [1.29, 1.82) is 0 Å². The van der Waals surface area contributed by atoms with E-state index >= 15 is 0 Å². The fourth-order valence-electron chi connectivity index (χ4n) is 2.80. The van der Waals surface area contributed by atoms with Gasteiger partial charge in [0.05, 0.1) is 43.0 Å². The maximum Gasteiger partial charge on any atom is 0.258 e. The van der Waals surface area contributed by atoms with Crippen molar-refractivity contribution in [2.75, 3.05) is 7.11 Å². The second kappa shape index (κ2) is 5.28. The molecule has 1 aromatic carbocycles. The highest BCUT2D eigenvalue weighted by Gasteiger charge is 2.28. The molecule has 3 aromatic rings. The number of fused-ring (bicyclic) bond motifs is 1. The third-order valence-electron chi connectivity index (χ3n) is 4.05. The van der Waals surface area contributed by atoms with Crippen molar-refractivity contribution in [3.63, 3.8) is 0 Å². The highest BCUT2D eigenvalue weighted by Crippen LogP contribution is 2.27. The second-order valence-corrected chi connectivity index (χ2v) is 5.42. The summed E-state index contributed by atoms with van der Waals surface area (Å²) in [6.07, 6.45) is 3.34. The number of hydrogen-bond donors (Lipinski definition) is 2. The van der Waals surface area contributed by atoms with Crippen molar-refractivity contribution in [2.45, 2.75) is 13.1 Å². The molecule has 7 nitrogen and oxygen atoms in total. The summed E-state index contributed by atoms with van der Waals surface area (Å²) in [5.74, 6) is 0.723. The van der Waals surface area contributed by atoms with E-state index in [2.05, 4.69) is 20.4 Å². The maximum atomic E-state index is 12.8. The molecule has 0 atom stereocenters. The Labute approximate surface area is 132 Å². The van der Waals surface area contributed by atoms with E-state index < -0.39 is 0 Å². The summed E-state index contributed by atoms with van der Waals surface area (Å²) < 4.78 is 5.16. The monoisotopic (exact) mass is 309 g/mol. The van der Waals surface area contributed by atoms with Gasteiger partial charge in [-0.15, -0.1) is 0 Å². The molecule has 0 fully saturated rings. The summed E-state index contributed by atoms with van der Waals surface area (Å²) in [6, 6.07) is 7.52. The Bertz CT molecular complexity index is 829. The Hall–Kier alpha value is -3.09. The molecule has 1 amide bonds. The number of aromatic amines is 2. The molecule has 1 aliphatic rings. The molecule has 0 aliphatic carbocycles. The molecule has 23 heavy (non-hydrogen) atoms. The number of methoxy groups -OCH3 is 1. The van der Waals surface area contributed by atoms with E-state index in [9.17, 15) is 4.79 Å². The number of rotatable bonds is 3. The van der Waals surface area contributed by atoms with E-state index in [1.165, 1.54) is 0 Å². The standard InChI is InChI=1S/C16H15N5O2/c1-23-12-4-2-10(3-5-12)15-13(7-18-20-15)16(22)21-8-11-6-17-19-14(11)9-21/h2-7H,8-9H2,1H3,(H,17,19)(H,18,20). The first kappa shape index (κ1) is 13.6. The molecule has 0 saturated heterocycles. The van der Waals surface area contributed by atoms with Crippen LogP contribution in [0, 0.1) is 0 Å². The number of amides is 1. The lowest BCUT2D eigenvalue weighted by Crippen LogP contribution is -2.25. The minimum Gasteiger partial charge on any atom is -0.497 e. The first-order valence-corrected chi connectivity index (χ1v) is 7.24. The molecule has 116 valence electrons. The molecule has 3 heterocycles. The molecule has 0 bridgehead atoms. The summed E-state index contributed by atoms with van der Waals surface area (Å²) in [6.45, 7) is 1.11. The summed E-state index contributed by atoms with van der Waals surface area (Å²) >= 11 is 0. The van der Waals surface area contributed by atoms with Crippen LogP contribution in [0.5, 0.6) is 5.75 Å². The summed E-state index contributed by atoms with van der Waals surface area (Å²) in [7, 11) is 1.62. The zero-order chi connectivity index (χ0) is 15.8.